The van der Waals surface area contributed by atoms with Gasteiger partial charge in [-0.2, -0.15) is 5.10 Å². The van der Waals surface area contributed by atoms with Gasteiger partial charge in [-0.15, -0.1) is 0 Å². The molecule has 1 fully saturated rings. The van der Waals surface area contributed by atoms with E-state index in [0.717, 1.165) is 32.6 Å². The van der Waals surface area contributed by atoms with Gasteiger partial charge in [0.05, 0.1) is 11.8 Å². The summed E-state index contributed by atoms with van der Waals surface area (Å²) in [7, 11) is 0. The number of β-amino-alcohol motifs (C(OH)–C–C–N with tert-alkyl or cyclic N) is 1. The van der Waals surface area contributed by atoms with Gasteiger partial charge in [-0.3, -0.25) is 9.58 Å². The summed E-state index contributed by atoms with van der Waals surface area (Å²) in [6, 6.07) is 2.05. The van der Waals surface area contributed by atoms with E-state index >= 15 is 0 Å². The molecule has 0 radical (unpaired) electrons. The minimum absolute atomic E-state index is 0.131. The van der Waals surface area contributed by atoms with E-state index in [1.807, 2.05) is 16.9 Å². The molecule has 1 atom stereocenters. The molecule has 78 valence electrons. The predicted octanol–water partition coefficient (Wildman–Crippen LogP) is 0.470. The van der Waals surface area contributed by atoms with E-state index in [0.29, 0.717) is 0 Å². The van der Waals surface area contributed by atoms with Gasteiger partial charge in [0.15, 0.2) is 0 Å². The Morgan fingerprint density at radius 3 is 3.14 bits per heavy atom. The molecule has 0 aliphatic carbocycles. The Hall–Kier alpha value is -0.870. The summed E-state index contributed by atoms with van der Waals surface area (Å²) in [5.41, 5.74) is 1.24. The Labute approximate surface area is 84.1 Å². The maximum Gasteiger partial charge on any atom is 0.0679 e. The van der Waals surface area contributed by atoms with Crippen molar-refractivity contribution < 1.29 is 5.11 Å². The van der Waals surface area contributed by atoms with Gasteiger partial charge in [0, 0.05) is 32.4 Å². The van der Waals surface area contributed by atoms with E-state index < -0.39 is 0 Å². The fraction of sp³-hybridized carbons (Fsp3) is 0.700. The van der Waals surface area contributed by atoms with Crippen molar-refractivity contribution in [1.82, 2.24) is 14.7 Å². The number of hydrogen-bond donors (Lipinski definition) is 1. The Kier molecular flexibility index (Phi) is 2.84. The second-order valence-electron chi connectivity index (χ2n) is 3.82. The van der Waals surface area contributed by atoms with Gasteiger partial charge < -0.3 is 5.11 Å². The van der Waals surface area contributed by atoms with Gasteiger partial charge in [-0.25, -0.2) is 0 Å². The lowest BCUT2D eigenvalue weighted by Crippen LogP contribution is -2.23. The van der Waals surface area contributed by atoms with Crippen molar-refractivity contribution in [3.63, 3.8) is 0 Å². The highest BCUT2D eigenvalue weighted by Gasteiger charge is 2.20. The first kappa shape index (κ1) is 9.68. The molecule has 0 bridgehead atoms. The van der Waals surface area contributed by atoms with E-state index in [4.69, 9.17) is 0 Å². The largest absolute Gasteiger partial charge is 0.392 e. The molecule has 2 rings (SSSR count). The van der Waals surface area contributed by atoms with E-state index in [9.17, 15) is 5.11 Å². The van der Waals surface area contributed by atoms with Gasteiger partial charge in [0.2, 0.25) is 0 Å². The monoisotopic (exact) mass is 195 g/mol. The third kappa shape index (κ3) is 1.96. The summed E-state index contributed by atoms with van der Waals surface area (Å²) in [5.74, 6) is 0. The zero-order valence-electron chi connectivity index (χ0n) is 8.56. The molecule has 0 saturated carbocycles. The topological polar surface area (TPSA) is 41.3 Å². The number of aliphatic hydroxyl groups is 1. The van der Waals surface area contributed by atoms with Crippen LogP contribution in [-0.2, 0) is 13.1 Å². The lowest BCUT2D eigenvalue weighted by molar-refractivity contribution is 0.174. The van der Waals surface area contributed by atoms with E-state index in [1.54, 1.807) is 0 Å². The first-order valence-electron chi connectivity index (χ1n) is 5.20. The fourth-order valence-corrected chi connectivity index (χ4v) is 1.96. The molecule has 14 heavy (non-hydrogen) atoms. The van der Waals surface area contributed by atoms with Crippen LogP contribution in [0.2, 0.25) is 0 Å². The third-order valence-corrected chi connectivity index (χ3v) is 2.74. The predicted molar refractivity (Wildman–Crippen MR) is 53.8 cm³/mol. The molecule has 0 aromatic carbocycles. The highest BCUT2D eigenvalue weighted by atomic mass is 16.3. The van der Waals surface area contributed by atoms with Crippen LogP contribution in [0.3, 0.4) is 0 Å². The molecule has 2 heterocycles. The fourth-order valence-electron chi connectivity index (χ4n) is 1.96. The Balaban J connectivity index is 1.97. The molecular weight excluding hydrogens is 178 g/mol. The molecule has 1 aliphatic rings. The van der Waals surface area contributed by atoms with Crippen LogP contribution < -0.4 is 0 Å². The molecule has 4 nitrogen and oxygen atoms in total. The zero-order chi connectivity index (χ0) is 9.97. The molecule has 1 aliphatic heterocycles. The zero-order valence-corrected chi connectivity index (χ0v) is 8.56. The molecule has 4 heteroatoms. The van der Waals surface area contributed by atoms with Gasteiger partial charge in [-0.05, 0) is 19.4 Å². The molecule has 1 aromatic heterocycles. The lowest BCUT2D eigenvalue weighted by Gasteiger charge is -2.15. The SMILES string of the molecule is CCn1nccc1CN1CC[C@@H](O)C1. The molecular formula is C10H17N3O. The van der Waals surface area contributed by atoms with Gasteiger partial charge in [0.25, 0.3) is 0 Å². The van der Waals surface area contributed by atoms with E-state index in [2.05, 4.69) is 16.9 Å². The maximum atomic E-state index is 9.39. The number of aliphatic hydroxyl groups excluding tert-OH is 1. The number of nitrogens with zero attached hydrogens (tertiary/aromatic N) is 3. The van der Waals surface area contributed by atoms with Crippen LogP contribution in [0, 0.1) is 0 Å². The summed E-state index contributed by atoms with van der Waals surface area (Å²) in [6.07, 6.45) is 2.61. The van der Waals surface area contributed by atoms with Crippen molar-refractivity contribution in [3.8, 4) is 0 Å². The molecule has 1 aromatic rings. The summed E-state index contributed by atoms with van der Waals surface area (Å²) < 4.78 is 2.00. The van der Waals surface area contributed by atoms with Crippen LogP contribution in [0.1, 0.15) is 19.0 Å². The minimum atomic E-state index is -0.131. The van der Waals surface area contributed by atoms with Crippen molar-refractivity contribution in [3.05, 3.63) is 18.0 Å². The number of likely N-dealkylation sites (tertiary alicyclic amines) is 1. The standard InChI is InChI=1S/C10H17N3O/c1-2-13-9(3-5-11-13)7-12-6-4-10(14)8-12/h3,5,10,14H,2,4,6-8H2,1H3/t10-/m1/s1. The van der Waals surface area contributed by atoms with Crippen LogP contribution >= 0.6 is 0 Å². The normalized spacial score (nSPS) is 23.1. The number of rotatable bonds is 3. The molecule has 1 saturated heterocycles. The quantitative estimate of drug-likeness (QED) is 0.762. The Morgan fingerprint density at radius 2 is 2.50 bits per heavy atom. The first-order valence-corrected chi connectivity index (χ1v) is 5.20. The minimum Gasteiger partial charge on any atom is -0.392 e. The average molecular weight is 195 g/mol. The van der Waals surface area contributed by atoms with Crippen LogP contribution in [0.4, 0.5) is 0 Å². The molecule has 0 amide bonds. The van der Waals surface area contributed by atoms with Crippen LogP contribution in [0.5, 0.6) is 0 Å². The van der Waals surface area contributed by atoms with E-state index in [-0.39, 0.29) is 6.10 Å². The second kappa shape index (κ2) is 4.11. The van der Waals surface area contributed by atoms with E-state index in [1.165, 1.54) is 5.69 Å². The average Bonchev–Trinajstić information content (AvgIpc) is 2.76. The lowest BCUT2D eigenvalue weighted by atomic mass is 10.3. The third-order valence-electron chi connectivity index (χ3n) is 2.74. The summed E-state index contributed by atoms with van der Waals surface area (Å²) in [6.45, 7) is 5.71. The van der Waals surface area contributed by atoms with Crippen molar-refractivity contribution in [2.24, 2.45) is 0 Å². The Bertz CT molecular complexity index is 297. The van der Waals surface area contributed by atoms with Crippen LogP contribution in [-0.4, -0.2) is 39.0 Å². The molecule has 0 unspecified atom stereocenters. The molecule has 1 N–H and O–H groups in total. The van der Waals surface area contributed by atoms with Crippen molar-refractivity contribution in [1.29, 1.82) is 0 Å². The maximum absolute atomic E-state index is 9.39. The highest BCUT2D eigenvalue weighted by Crippen LogP contribution is 2.12. The Morgan fingerprint density at radius 1 is 1.64 bits per heavy atom. The van der Waals surface area contributed by atoms with Gasteiger partial charge in [-0.1, -0.05) is 0 Å². The number of hydrogen-bond acceptors (Lipinski definition) is 3. The van der Waals surface area contributed by atoms with Crippen molar-refractivity contribution in [2.75, 3.05) is 13.1 Å². The van der Waals surface area contributed by atoms with Gasteiger partial charge in [0.1, 0.15) is 0 Å². The number of aryl methyl sites for hydroxylation is 1. The first-order chi connectivity index (χ1) is 6.79. The second-order valence-corrected chi connectivity index (χ2v) is 3.82. The van der Waals surface area contributed by atoms with Crippen molar-refractivity contribution >= 4 is 0 Å². The summed E-state index contributed by atoms with van der Waals surface area (Å²) in [5, 5.41) is 13.6. The van der Waals surface area contributed by atoms with Crippen LogP contribution in [0.15, 0.2) is 12.3 Å². The van der Waals surface area contributed by atoms with Crippen LogP contribution in [0.25, 0.3) is 0 Å². The molecule has 0 spiro atoms. The highest BCUT2D eigenvalue weighted by molar-refractivity contribution is 5.01. The number of aromatic nitrogens is 2. The van der Waals surface area contributed by atoms with Crippen molar-refractivity contribution in [2.45, 2.75) is 32.5 Å². The smallest absolute Gasteiger partial charge is 0.0679 e. The van der Waals surface area contributed by atoms with Gasteiger partial charge >= 0.3 is 0 Å². The summed E-state index contributed by atoms with van der Waals surface area (Å²) >= 11 is 0. The summed E-state index contributed by atoms with van der Waals surface area (Å²) in [4.78, 5) is 2.27.